The van der Waals surface area contributed by atoms with Crippen LogP contribution in [0.2, 0.25) is 0 Å². The fraction of sp³-hybridized carbons (Fsp3) is 0.300. The highest BCUT2D eigenvalue weighted by atomic mass is 16.6. The second-order valence-electron chi connectivity index (χ2n) is 5.74. The molecule has 1 aromatic carbocycles. The van der Waals surface area contributed by atoms with E-state index in [0.29, 0.717) is 11.5 Å². The summed E-state index contributed by atoms with van der Waals surface area (Å²) in [5.74, 6) is 0.608. The van der Waals surface area contributed by atoms with Gasteiger partial charge in [0.05, 0.1) is 7.11 Å². The van der Waals surface area contributed by atoms with Gasteiger partial charge in [0, 0.05) is 38.3 Å². The van der Waals surface area contributed by atoms with Crippen molar-refractivity contribution in [3.05, 3.63) is 59.9 Å². The number of nitrogens with zero attached hydrogens (tertiary/aromatic N) is 2. The molecule has 0 N–H and O–H groups in total. The average molecular weight is 340 g/mol. The van der Waals surface area contributed by atoms with Crippen LogP contribution in [0.3, 0.4) is 0 Å². The summed E-state index contributed by atoms with van der Waals surface area (Å²) in [5.41, 5.74) is 2.09. The highest BCUT2D eigenvalue weighted by Crippen LogP contribution is 2.28. The van der Waals surface area contributed by atoms with E-state index in [9.17, 15) is 4.79 Å². The minimum absolute atomic E-state index is 0.365. The van der Waals surface area contributed by atoms with Crippen molar-refractivity contribution in [1.29, 1.82) is 0 Å². The van der Waals surface area contributed by atoms with Gasteiger partial charge in [0.15, 0.2) is 11.5 Å². The van der Waals surface area contributed by atoms with Crippen LogP contribution in [0.5, 0.6) is 11.5 Å². The molecule has 0 spiro atoms. The van der Waals surface area contributed by atoms with Crippen molar-refractivity contribution in [1.82, 2.24) is 9.88 Å². The van der Waals surface area contributed by atoms with Gasteiger partial charge >= 0.3 is 5.97 Å². The van der Waals surface area contributed by atoms with Gasteiger partial charge < -0.3 is 14.4 Å². The summed E-state index contributed by atoms with van der Waals surface area (Å²) in [6, 6.07) is 11.5. The molecular formula is C20H24N2O3. The molecule has 25 heavy (non-hydrogen) atoms. The number of ether oxygens (including phenoxy) is 2. The molecule has 1 aromatic heterocycles. The first kappa shape index (κ1) is 18.7. The predicted molar refractivity (Wildman–Crippen MR) is 98.8 cm³/mol. The Morgan fingerprint density at radius 2 is 2.08 bits per heavy atom. The van der Waals surface area contributed by atoms with Gasteiger partial charge in [-0.05, 0) is 36.9 Å². The van der Waals surface area contributed by atoms with Crippen molar-refractivity contribution in [2.75, 3.05) is 27.2 Å². The monoisotopic (exact) mass is 340 g/mol. The molecule has 0 radical (unpaired) electrons. The van der Waals surface area contributed by atoms with E-state index >= 15 is 0 Å². The third-order valence-electron chi connectivity index (χ3n) is 3.64. The third kappa shape index (κ3) is 6.39. The molecule has 0 aliphatic heterocycles. The first-order valence-corrected chi connectivity index (χ1v) is 8.20. The van der Waals surface area contributed by atoms with E-state index in [-0.39, 0.29) is 5.97 Å². The average Bonchev–Trinajstić information content (AvgIpc) is 2.61. The summed E-state index contributed by atoms with van der Waals surface area (Å²) in [6.45, 7) is 3.14. The van der Waals surface area contributed by atoms with Crippen LogP contribution < -0.4 is 9.47 Å². The maximum Gasteiger partial charge on any atom is 0.308 e. The predicted octanol–water partition coefficient (Wildman–Crippen LogP) is 3.20. The molecule has 0 atom stereocenters. The Morgan fingerprint density at radius 1 is 1.24 bits per heavy atom. The summed E-state index contributed by atoms with van der Waals surface area (Å²) in [6.07, 6.45) is 6.87. The Hall–Kier alpha value is -2.66. The van der Waals surface area contributed by atoms with Gasteiger partial charge in [0.25, 0.3) is 0 Å². The SMILES string of the molecule is COc1cc(/C=C/CN(C)CCc2ccccn2)ccc1OC(C)=O. The van der Waals surface area contributed by atoms with Crippen molar-refractivity contribution in [2.45, 2.75) is 13.3 Å². The number of benzene rings is 1. The minimum atomic E-state index is -0.365. The Morgan fingerprint density at radius 3 is 2.76 bits per heavy atom. The largest absolute Gasteiger partial charge is 0.493 e. The first-order chi connectivity index (χ1) is 12.1. The van der Waals surface area contributed by atoms with Crippen LogP contribution >= 0.6 is 0 Å². The zero-order valence-corrected chi connectivity index (χ0v) is 14.9. The number of hydrogen-bond acceptors (Lipinski definition) is 5. The van der Waals surface area contributed by atoms with Gasteiger partial charge in [-0.15, -0.1) is 0 Å². The minimum Gasteiger partial charge on any atom is -0.493 e. The quantitative estimate of drug-likeness (QED) is 0.546. The Balaban J connectivity index is 1.87. The molecule has 0 bridgehead atoms. The van der Waals surface area contributed by atoms with Gasteiger partial charge in [-0.2, -0.15) is 0 Å². The number of hydrogen-bond donors (Lipinski definition) is 0. The maximum absolute atomic E-state index is 11.1. The van der Waals surface area contributed by atoms with Gasteiger partial charge in [0.2, 0.25) is 0 Å². The smallest absolute Gasteiger partial charge is 0.308 e. The summed E-state index contributed by atoms with van der Waals surface area (Å²) >= 11 is 0. The molecule has 0 amide bonds. The zero-order valence-electron chi connectivity index (χ0n) is 14.9. The lowest BCUT2D eigenvalue weighted by Crippen LogP contribution is -2.21. The Bertz CT molecular complexity index is 714. The molecule has 132 valence electrons. The number of rotatable bonds is 8. The molecule has 2 aromatic rings. The fourth-order valence-corrected chi connectivity index (χ4v) is 2.34. The maximum atomic E-state index is 11.1. The molecule has 2 rings (SSSR count). The lowest BCUT2D eigenvalue weighted by Gasteiger charge is -2.13. The van der Waals surface area contributed by atoms with Crippen molar-refractivity contribution in [3.8, 4) is 11.5 Å². The molecule has 0 aliphatic carbocycles. The third-order valence-corrected chi connectivity index (χ3v) is 3.64. The van der Waals surface area contributed by atoms with E-state index in [0.717, 1.165) is 30.8 Å². The van der Waals surface area contributed by atoms with Gasteiger partial charge in [-0.25, -0.2) is 0 Å². The summed E-state index contributed by atoms with van der Waals surface area (Å²) in [4.78, 5) is 17.6. The number of methoxy groups -OCH3 is 1. The summed E-state index contributed by atoms with van der Waals surface area (Å²) < 4.78 is 10.4. The van der Waals surface area contributed by atoms with E-state index in [1.807, 2.05) is 42.6 Å². The highest BCUT2D eigenvalue weighted by Gasteiger charge is 2.07. The van der Waals surface area contributed by atoms with Crippen LogP contribution in [-0.2, 0) is 11.2 Å². The Labute approximate surface area is 148 Å². The lowest BCUT2D eigenvalue weighted by atomic mass is 10.2. The van der Waals surface area contributed by atoms with Gasteiger partial charge in [-0.3, -0.25) is 9.78 Å². The van der Waals surface area contributed by atoms with E-state index in [1.165, 1.54) is 6.92 Å². The molecule has 1 heterocycles. The Kier molecular flexibility index (Phi) is 7.16. The topological polar surface area (TPSA) is 51.7 Å². The first-order valence-electron chi connectivity index (χ1n) is 8.20. The zero-order chi connectivity index (χ0) is 18.1. The molecule has 0 aliphatic rings. The van der Waals surface area contributed by atoms with Crippen molar-refractivity contribution < 1.29 is 14.3 Å². The molecule has 0 fully saturated rings. The molecule has 0 saturated carbocycles. The lowest BCUT2D eigenvalue weighted by molar-refractivity contribution is -0.132. The second kappa shape index (κ2) is 9.59. The van der Waals surface area contributed by atoms with Crippen LogP contribution in [-0.4, -0.2) is 43.1 Å². The standard InChI is InChI=1S/C20H24N2O3/c1-16(23)25-19-10-9-17(15-20(19)24-3)7-6-13-22(2)14-11-18-8-4-5-12-21-18/h4-10,12,15H,11,13-14H2,1-3H3/b7-6+. The van der Waals surface area contributed by atoms with Crippen molar-refractivity contribution in [2.24, 2.45) is 0 Å². The summed E-state index contributed by atoms with van der Waals surface area (Å²) in [5, 5.41) is 0. The summed E-state index contributed by atoms with van der Waals surface area (Å²) in [7, 11) is 3.64. The van der Waals surface area contributed by atoms with Crippen LogP contribution in [0.1, 0.15) is 18.2 Å². The second-order valence-corrected chi connectivity index (χ2v) is 5.74. The van der Waals surface area contributed by atoms with Gasteiger partial charge in [0.1, 0.15) is 0 Å². The number of likely N-dealkylation sites (N-methyl/N-ethyl adjacent to an activating group) is 1. The van der Waals surface area contributed by atoms with E-state index < -0.39 is 0 Å². The molecule has 5 nitrogen and oxygen atoms in total. The van der Waals surface area contributed by atoms with Crippen molar-refractivity contribution in [3.63, 3.8) is 0 Å². The van der Waals surface area contributed by atoms with Crippen LogP contribution in [0.25, 0.3) is 6.08 Å². The molecule has 0 saturated heterocycles. The molecule has 5 heteroatoms. The highest BCUT2D eigenvalue weighted by molar-refractivity contribution is 5.71. The van der Waals surface area contributed by atoms with Crippen LogP contribution in [0, 0.1) is 0 Å². The molecular weight excluding hydrogens is 316 g/mol. The van der Waals surface area contributed by atoms with E-state index in [1.54, 1.807) is 13.2 Å². The normalized spacial score (nSPS) is 11.0. The number of esters is 1. The number of aromatic nitrogens is 1. The van der Waals surface area contributed by atoms with Gasteiger partial charge in [-0.1, -0.05) is 24.3 Å². The van der Waals surface area contributed by atoms with E-state index in [2.05, 4.69) is 23.0 Å². The van der Waals surface area contributed by atoms with E-state index in [4.69, 9.17) is 9.47 Å². The van der Waals surface area contributed by atoms with Crippen molar-refractivity contribution >= 4 is 12.0 Å². The fourth-order valence-electron chi connectivity index (χ4n) is 2.34. The number of carbonyl (C=O) groups is 1. The number of carbonyl (C=O) groups excluding carboxylic acids is 1. The number of pyridine rings is 1. The van der Waals surface area contributed by atoms with Crippen LogP contribution in [0.4, 0.5) is 0 Å². The molecule has 0 unspecified atom stereocenters. The van der Waals surface area contributed by atoms with Crippen LogP contribution in [0.15, 0.2) is 48.7 Å².